The van der Waals surface area contributed by atoms with Crippen LogP contribution in [-0.4, -0.2) is 40.5 Å². The number of aryl methyl sites for hydroxylation is 1. The Labute approximate surface area is 161 Å². The van der Waals surface area contributed by atoms with Gasteiger partial charge in [0.05, 0.1) is 12.2 Å². The van der Waals surface area contributed by atoms with E-state index in [1.54, 1.807) is 0 Å². The summed E-state index contributed by atoms with van der Waals surface area (Å²) in [5, 5.41) is 2.98. The average Bonchev–Trinajstić information content (AvgIpc) is 3.17. The summed E-state index contributed by atoms with van der Waals surface area (Å²) in [4.78, 5) is 26.2. The van der Waals surface area contributed by atoms with Gasteiger partial charge in [-0.1, -0.05) is 15.9 Å². The number of benzene rings is 1. The second-order valence-corrected chi connectivity index (χ2v) is 7.74. The lowest BCUT2D eigenvalue weighted by Crippen LogP contribution is -2.40. The van der Waals surface area contributed by atoms with E-state index in [0.717, 1.165) is 52.6 Å². The first-order valence-corrected chi connectivity index (χ1v) is 9.82. The van der Waals surface area contributed by atoms with Crippen LogP contribution in [0.1, 0.15) is 29.9 Å². The number of amides is 2. The van der Waals surface area contributed by atoms with Crippen LogP contribution in [0.2, 0.25) is 0 Å². The van der Waals surface area contributed by atoms with Crippen LogP contribution in [0.3, 0.4) is 0 Å². The largest absolute Gasteiger partial charge is 0.356 e. The van der Waals surface area contributed by atoms with E-state index in [1.807, 2.05) is 36.1 Å². The van der Waals surface area contributed by atoms with Crippen molar-refractivity contribution < 1.29 is 4.79 Å². The molecule has 2 aliphatic heterocycles. The molecule has 1 aromatic heterocycles. The third-order valence-electron chi connectivity index (χ3n) is 4.94. The molecular formula is C19H22BrN5O. The third-order valence-corrected chi connectivity index (χ3v) is 5.47. The fraction of sp³-hybridized carbons (Fsp3) is 0.421. The third kappa shape index (κ3) is 3.53. The summed E-state index contributed by atoms with van der Waals surface area (Å²) in [5.74, 6) is 1.84. The Morgan fingerprint density at radius 1 is 1.12 bits per heavy atom. The maximum atomic E-state index is 12.7. The number of aromatic nitrogens is 2. The number of nitrogens with one attached hydrogen (secondary N) is 1. The highest BCUT2D eigenvalue weighted by molar-refractivity contribution is 9.10. The Morgan fingerprint density at radius 3 is 2.58 bits per heavy atom. The van der Waals surface area contributed by atoms with Crippen molar-refractivity contribution in [1.82, 2.24) is 14.9 Å². The average molecular weight is 416 g/mol. The van der Waals surface area contributed by atoms with Gasteiger partial charge >= 0.3 is 6.03 Å². The summed E-state index contributed by atoms with van der Waals surface area (Å²) in [6.45, 7) is 5.25. The SMILES string of the molecule is Cc1nc2c(c(N3CCCC3)n1)CN(C(=O)Nc1ccc(Br)cc1)CC2. The fourth-order valence-corrected chi connectivity index (χ4v) is 3.88. The van der Waals surface area contributed by atoms with Crippen molar-refractivity contribution in [2.75, 3.05) is 29.9 Å². The first-order chi connectivity index (χ1) is 12.6. The van der Waals surface area contributed by atoms with Crippen LogP contribution in [-0.2, 0) is 13.0 Å². The second-order valence-electron chi connectivity index (χ2n) is 6.82. The van der Waals surface area contributed by atoms with E-state index in [1.165, 1.54) is 12.8 Å². The quantitative estimate of drug-likeness (QED) is 0.811. The Kier molecular flexibility index (Phi) is 4.80. The minimum Gasteiger partial charge on any atom is -0.356 e. The molecule has 4 rings (SSSR count). The van der Waals surface area contributed by atoms with Crippen molar-refractivity contribution in [3.8, 4) is 0 Å². The lowest BCUT2D eigenvalue weighted by molar-refractivity contribution is 0.206. The number of carbonyl (C=O) groups is 1. The van der Waals surface area contributed by atoms with Crippen molar-refractivity contribution in [3.05, 3.63) is 45.8 Å². The number of halogens is 1. The summed E-state index contributed by atoms with van der Waals surface area (Å²) in [7, 11) is 0. The molecule has 0 unspecified atom stereocenters. The molecule has 6 nitrogen and oxygen atoms in total. The molecule has 136 valence electrons. The van der Waals surface area contributed by atoms with Gasteiger partial charge in [0.15, 0.2) is 0 Å². The van der Waals surface area contributed by atoms with E-state index in [4.69, 9.17) is 4.98 Å². The van der Waals surface area contributed by atoms with E-state index in [9.17, 15) is 4.79 Å². The van der Waals surface area contributed by atoms with Crippen molar-refractivity contribution in [1.29, 1.82) is 0 Å². The van der Waals surface area contributed by atoms with Crippen molar-refractivity contribution in [3.63, 3.8) is 0 Å². The second kappa shape index (κ2) is 7.23. The molecule has 26 heavy (non-hydrogen) atoms. The number of hydrogen-bond acceptors (Lipinski definition) is 4. The molecule has 1 fully saturated rings. The monoisotopic (exact) mass is 415 g/mol. The summed E-state index contributed by atoms with van der Waals surface area (Å²) in [6.07, 6.45) is 3.17. The van der Waals surface area contributed by atoms with E-state index < -0.39 is 0 Å². The van der Waals surface area contributed by atoms with E-state index in [2.05, 4.69) is 31.1 Å². The van der Waals surface area contributed by atoms with Gasteiger partial charge in [0.1, 0.15) is 11.6 Å². The zero-order chi connectivity index (χ0) is 18.1. The van der Waals surface area contributed by atoms with Crippen LogP contribution in [0.15, 0.2) is 28.7 Å². The number of nitrogens with zero attached hydrogens (tertiary/aromatic N) is 4. The molecule has 0 aliphatic carbocycles. The molecule has 1 aromatic carbocycles. The number of anilines is 2. The molecule has 0 saturated carbocycles. The molecule has 2 amide bonds. The number of urea groups is 1. The molecule has 1 N–H and O–H groups in total. The van der Waals surface area contributed by atoms with Gasteiger partial charge < -0.3 is 15.1 Å². The Hall–Kier alpha value is -2.15. The highest BCUT2D eigenvalue weighted by atomic mass is 79.9. The molecule has 1 saturated heterocycles. The van der Waals surface area contributed by atoms with Gasteiger partial charge in [-0.3, -0.25) is 0 Å². The molecule has 2 aromatic rings. The van der Waals surface area contributed by atoms with Gasteiger partial charge in [-0.2, -0.15) is 0 Å². The van der Waals surface area contributed by atoms with Gasteiger partial charge in [0.2, 0.25) is 0 Å². The summed E-state index contributed by atoms with van der Waals surface area (Å²) in [6, 6.07) is 7.54. The summed E-state index contributed by atoms with van der Waals surface area (Å²) < 4.78 is 0.991. The van der Waals surface area contributed by atoms with E-state index in [0.29, 0.717) is 13.1 Å². The van der Waals surface area contributed by atoms with Gasteiger partial charge in [-0.25, -0.2) is 14.8 Å². The minimum absolute atomic E-state index is 0.0779. The predicted molar refractivity (Wildman–Crippen MR) is 105 cm³/mol. The molecular weight excluding hydrogens is 394 g/mol. The van der Waals surface area contributed by atoms with Crippen LogP contribution < -0.4 is 10.2 Å². The smallest absolute Gasteiger partial charge is 0.322 e. The zero-order valence-corrected chi connectivity index (χ0v) is 16.4. The van der Waals surface area contributed by atoms with E-state index >= 15 is 0 Å². The Morgan fingerprint density at radius 2 is 1.85 bits per heavy atom. The zero-order valence-electron chi connectivity index (χ0n) is 14.8. The highest BCUT2D eigenvalue weighted by Crippen LogP contribution is 2.29. The van der Waals surface area contributed by atoms with Gasteiger partial charge in [-0.15, -0.1) is 0 Å². The molecule has 3 heterocycles. The molecule has 0 radical (unpaired) electrons. The van der Waals surface area contributed by atoms with Crippen LogP contribution >= 0.6 is 15.9 Å². The lowest BCUT2D eigenvalue weighted by atomic mass is 10.1. The number of fused-ring (bicyclic) bond motifs is 1. The van der Waals surface area contributed by atoms with Gasteiger partial charge in [0, 0.05) is 41.8 Å². The molecule has 7 heteroatoms. The Balaban J connectivity index is 1.54. The maximum Gasteiger partial charge on any atom is 0.322 e. The molecule has 0 spiro atoms. The molecule has 0 bridgehead atoms. The van der Waals surface area contributed by atoms with Crippen molar-refractivity contribution in [2.24, 2.45) is 0 Å². The Bertz CT molecular complexity index is 817. The lowest BCUT2D eigenvalue weighted by Gasteiger charge is -2.31. The molecule has 0 atom stereocenters. The topological polar surface area (TPSA) is 61.4 Å². The summed E-state index contributed by atoms with van der Waals surface area (Å²) >= 11 is 3.41. The first-order valence-electron chi connectivity index (χ1n) is 9.03. The van der Waals surface area contributed by atoms with Crippen LogP contribution in [0, 0.1) is 6.92 Å². The molecule has 2 aliphatic rings. The van der Waals surface area contributed by atoms with Crippen LogP contribution in [0.25, 0.3) is 0 Å². The van der Waals surface area contributed by atoms with Gasteiger partial charge in [0.25, 0.3) is 0 Å². The number of hydrogen-bond donors (Lipinski definition) is 1. The minimum atomic E-state index is -0.0779. The fourth-order valence-electron chi connectivity index (χ4n) is 3.62. The van der Waals surface area contributed by atoms with Crippen molar-refractivity contribution >= 4 is 33.5 Å². The summed E-state index contributed by atoms with van der Waals surface area (Å²) in [5.41, 5.74) is 2.99. The van der Waals surface area contributed by atoms with E-state index in [-0.39, 0.29) is 6.03 Å². The first kappa shape index (κ1) is 17.3. The highest BCUT2D eigenvalue weighted by Gasteiger charge is 2.28. The predicted octanol–water partition coefficient (Wildman–Crippen LogP) is 3.74. The van der Waals surface area contributed by atoms with Crippen molar-refractivity contribution in [2.45, 2.75) is 32.7 Å². The van der Waals surface area contributed by atoms with Gasteiger partial charge in [-0.05, 0) is 44.0 Å². The standard InChI is InChI=1S/C19H22BrN5O/c1-13-21-17-8-11-25(19(26)23-15-6-4-14(20)5-7-15)12-16(17)18(22-13)24-9-2-3-10-24/h4-7H,2-3,8-12H2,1H3,(H,23,26). The normalized spacial score (nSPS) is 16.5. The van der Waals surface area contributed by atoms with Crippen LogP contribution in [0.5, 0.6) is 0 Å². The van der Waals surface area contributed by atoms with Crippen LogP contribution in [0.4, 0.5) is 16.3 Å². The number of carbonyl (C=O) groups excluding carboxylic acids is 1. The maximum absolute atomic E-state index is 12.7. The number of rotatable bonds is 2.